The van der Waals surface area contributed by atoms with Crippen molar-refractivity contribution in [3.63, 3.8) is 0 Å². The van der Waals surface area contributed by atoms with Crippen LogP contribution in [0.2, 0.25) is 5.02 Å². The van der Waals surface area contributed by atoms with Gasteiger partial charge >= 0.3 is 0 Å². The fourth-order valence-electron chi connectivity index (χ4n) is 4.52. The Morgan fingerprint density at radius 3 is 2.38 bits per heavy atom. The van der Waals surface area contributed by atoms with Crippen molar-refractivity contribution in [2.45, 2.75) is 12.6 Å². The highest BCUT2D eigenvalue weighted by Crippen LogP contribution is 2.40. The second kappa shape index (κ2) is 9.25. The van der Waals surface area contributed by atoms with Crippen LogP contribution >= 0.6 is 11.6 Å². The number of phenolic OH excluding ortho intramolecular Hbond substituents is 1. The summed E-state index contributed by atoms with van der Waals surface area (Å²) in [6, 6.07) is 21.9. The number of hydrogen-bond donors (Lipinski definition) is 1. The smallest absolute Gasteiger partial charge is 0.147 e. The van der Waals surface area contributed by atoms with Crippen LogP contribution in [0.25, 0.3) is 10.9 Å². The zero-order chi connectivity index (χ0) is 21.9. The van der Waals surface area contributed by atoms with Gasteiger partial charge in [0.25, 0.3) is 0 Å². The number of phenols is 1. The van der Waals surface area contributed by atoms with E-state index >= 15 is 0 Å². The van der Waals surface area contributed by atoms with E-state index < -0.39 is 0 Å². The fourth-order valence-corrected chi connectivity index (χ4v) is 4.79. The van der Waals surface area contributed by atoms with E-state index in [-0.39, 0.29) is 11.8 Å². The molecule has 0 amide bonds. The third-order valence-corrected chi connectivity index (χ3v) is 6.44. The van der Waals surface area contributed by atoms with Gasteiger partial charge in [-0.3, -0.25) is 19.8 Å². The summed E-state index contributed by atoms with van der Waals surface area (Å²) < 4.78 is 0. The van der Waals surface area contributed by atoms with Gasteiger partial charge in [-0.25, -0.2) is 0 Å². The molecule has 1 saturated heterocycles. The molecule has 3 heterocycles. The first-order valence-electron chi connectivity index (χ1n) is 10.9. The van der Waals surface area contributed by atoms with Gasteiger partial charge in [-0.15, -0.1) is 0 Å². The van der Waals surface area contributed by atoms with Crippen molar-refractivity contribution >= 4 is 22.5 Å². The maximum atomic E-state index is 11.2. The summed E-state index contributed by atoms with van der Waals surface area (Å²) >= 11 is 6.62. The molecule has 1 atom stereocenters. The van der Waals surface area contributed by atoms with Gasteiger partial charge in [0.05, 0.1) is 16.8 Å². The molecule has 0 spiro atoms. The number of aromatic hydroxyl groups is 1. The molecule has 6 heteroatoms. The Kier molecular flexibility index (Phi) is 6.04. The van der Waals surface area contributed by atoms with Crippen molar-refractivity contribution in [2.24, 2.45) is 0 Å². The fraction of sp³-hybridized carbons (Fsp3) is 0.231. The third kappa shape index (κ3) is 4.19. The highest BCUT2D eigenvalue weighted by Gasteiger charge is 2.30. The Balaban J connectivity index is 1.46. The Bertz CT molecular complexity index is 1190. The van der Waals surface area contributed by atoms with Crippen molar-refractivity contribution < 1.29 is 5.11 Å². The number of pyridine rings is 2. The van der Waals surface area contributed by atoms with E-state index in [4.69, 9.17) is 11.6 Å². The quantitative estimate of drug-likeness (QED) is 0.474. The molecule has 162 valence electrons. The molecular weight excluding hydrogens is 420 g/mol. The number of piperazine rings is 1. The van der Waals surface area contributed by atoms with Crippen LogP contribution in [0, 0.1) is 0 Å². The zero-order valence-corrected chi connectivity index (χ0v) is 18.5. The van der Waals surface area contributed by atoms with E-state index in [0.717, 1.165) is 49.4 Å². The lowest BCUT2D eigenvalue weighted by Crippen LogP contribution is -2.47. The molecule has 2 aromatic heterocycles. The van der Waals surface area contributed by atoms with Gasteiger partial charge in [0.1, 0.15) is 11.3 Å². The summed E-state index contributed by atoms with van der Waals surface area (Å²) in [4.78, 5) is 13.9. The average Bonchev–Trinajstić information content (AvgIpc) is 2.85. The molecule has 32 heavy (non-hydrogen) atoms. The number of halogens is 1. The standard InChI is InChI=1S/C26H25ClN4O/c27-22-17-21(26(32)24-20(22)9-6-12-29-24)25(23-10-4-5-11-28-23)31-15-13-30(14-16-31)18-19-7-2-1-3-8-19/h1-12,17,25,32H,13-16,18H2/t25-/m1/s1. The van der Waals surface area contributed by atoms with E-state index in [0.29, 0.717) is 10.5 Å². The maximum absolute atomic E-state index is 11.2. The molecule has 5 rings (SSSR count). The van der Waals surface area contributed by atoms with Gasteiger partial charge in [-0.2, -0.15) is 0 Å². The summed E-state index contributed by atoms with van der Waals surface area (Å²) in [6.07, 6.45) is 3.48. The number of rotatable bonds is 5. The predicted octanol–water partition coefficient (Wildman–Crippen LogP) is 4.90. The molecule has 1 aliphatic heterocycles. The van der Waals surface area contributed by atoms with Crippen LogP contribution in [0.3, 0.4) is 0 Å². The van der Waals surface area contributed by atoms with E-state index in [1.54, 1.807) is 12.4 Å². The van der Waals surface area contributed by atoms with Crippen LogP contribution in [0.4, 0.5) is 0 Å². The highest BCUT2D eigenvalue weighted by molar-refractivity contribution is 6.35. The minimum Gasteiger partial charge on any atom is -0.505 e. The Morgan fingerprint density at radius 1 is 0.875 bits per heavy atom. The molecule has 0 radical (unpaired) electrons. The zero-order valence-electron chi connectivity index (χ0n) is 17.7. The van der Waals surface area contributed by atoms with Gasteiger partial charge in [0, 0.05) is 56.1 Å². The minimum absolute atomic E-state index is 0.173. The summed E-state index contributed by atoms with van der Waals surface area (Å²) in [6.45, 7) is 4.56. The molecule has 0 saturated carbocycles. The topological polar surface area (TPSA) is 52.5 Å². The van der Waals surface area contributed by atoms with E-state index in [1.807, 2.05) is 36.4 Å². The first-order valence-corrected chi connectivity index (χ1v) is 11.3. The Hall–Kier alpha value is -2.99. The van der Waals surface area contributed by atoms with Crippen molar-refractivity contribution in [3.8, 4) is 5.75 Å². The lowest BCUT2D eigenvalue weighted by atomic mass is 9.97. The van der Waals surface area contributed by atoms with Crippen LogP contribution in [0.15, 0.2) is 79.1 Å². The van der Waals surface area contributed by atoms with Crippen LogP contribution in [-0.4, -0.2) is 51.1 Å². The van der Waals surface area contributed by atoms with Crippen LogP contribution in [0.1, 0.15) is 22.9 Å². The summed E-state index contributed by atoms with van der Waals surface area (Å²) in [5, 5.41) is 12.5. The first kappa shape index (κ1) is 20.9. The molecule has 5 nitrogen and oxygen atoms in total. The number of aromatic nitrogens is 2. The van der Waals surface area contributed by atoms with E-state index in [9.17, 15) is 5.11 Å². The largest absolute Gasteiger partial charge is 0.505 e. The predicted molar refractivity (Wildman–Crippen MR) is 128 cm³/mol. The Morgan fingerprint density at radius 2 is 1.62 bits per heavy atom. The van der Waals surface area contributed by atoms with E-state index in [2.05, 4.69) is 50.1 Å². The average molecular weight is 445 g/mol. The van der Waals surface area contributed by atoms with Crippen molar-refractivity contribution in [1.82, 2.24) is 19.8 Å². The molecule has 1 aliphatic rings. The lowest BCUT2D eigenvalue weighted by molar-refractivity contribution is 0.102. The molecule has 1 N–H and O–H groups in total. The molecule has 0 unspecified atom stereocenters. The van der Waals surface area contributed by atoms with Gasteiger partial charge in [0.15, 0.2) is 0 Å². The highest BCUT2D eigenvalue weighted by atomic mass is 35.5. The van der Waals surface area contributed by atoms with Crippen molar-refractivity contribution in [2.75, 3.05) is 26.2 Å². The van der Waals surface area contributed by atoms with Crippen LogP contribution < -0.4 is 0 Å². The van der Waals surface area contributed by atoms with Crippen molar-refractivity contribution in [3.05, 3.63) is 101 Å². The maximum Gasteiger partial charge on any atom is 0.147 e. The lowest BCUT2D eigenvalue weighted by Gasteiger charge is -2.39. The summed E-state index contributed by atoms with van der Waals surface area (Å²) in [7, 11) is 0. The minimum atomic E-state index is -0.195. The first-order chi connectivity index (χ1) is 15.7. The molecule has 4 aromatic rings. The van der Waals surface area contributed by atoms with Crippen molar-refractivity contribution in [1.29, 1.82) is 0 Å². The number of nitrogens with zero attached hydrogens (tertiary/aromatic N) is 4. The number of hydrogen-bond acceptors (Lipinski definition) is 5. The number of benzene rings is 2. The SMILES string of the molecule is Oc1c([C@H](c2ccccn2)N2CCN(Cc3ccccc3)CC2)cc(Cl)c2cccnc12. The van der Waals surface area contributed by atoms with Gasteiger partial charge in [-0.1, -0.05) is 48.0 Å². The van der Waals surface area contributed by atoms with Crippen LogP contribution in [0.5, 0.6) is 5.75 Å². The molecule has 0 aliphatic carbocycles. The monoisotopic (exact) mass is 444 g/mol. The third-order valence-electron chi connectivity index (χ3n) is 6.13. The number of fused-ring (bicyclic) bond motifs is 1. The normalized spacial score (nSPS) is 16.3. The molecule has 0 bridgehead atoms. The van der Waals surface area contributed by atoms with E-state index in [1.165, 1.54) is 5.56 Å². The van der Waals surface area contributed by atoms with Crippen LogP contribution in [-0.2, 0) is 6.54 Å². The Labute approximate surface area is 192 Å². The van der Waals surface area contributed by atoms with Gasteiger partial charge in [0.2, 0.25) is 0 Å². The molecule has 2 aromatic carbocycles. The molecule has 1 fully saturated rings. The van der Waals surface area contributed by atoms with Gasteiger partial charge < -0.3 is 5.11 Å². The second-order valence-electron chi connectivity index (χ2n) is 8.15. The summed E-state index contributed by atoms with van der Waals surface area (Å²) in [5.41, 5.74) is 3.49. The summed E-state index contributed by atoms with van der Waals surface area (Å²) in [5.74, 6) is 0.173. The second-order valence-corrected chi connectivity index (χ2v) is 8.56. The molecular formula is C26H25ClN4O. The van der Waals surface area contributed by atoms with Gasteiger partial charge in [-0.05, 0) is 35.9 Å².